The van der Waals surface area contributed by atoms with Crippen LogP contribution in [0.3, 0.4) is 0 Å². The molecule has 1 amide bonds. The van der Waals surface area contributed by atoms with Crippen LogP contribution in [-0.2, 0) is 16.0 Å². The van der Waals surface area contributed by atoms with Crippen LogP contribution in [-0.4, -0.2) is 35.5 Å². The number of likely N-dealkylation sites (tertiary alicyclic amines) is 1. The van der Waals surface area contributed by atoms with E-state index in [0.717, 1.165) is 16.9 Å². The molecule has 0 saturated carbocycles. The molecule has 0 bridgehead atoms. The fourth-order valence-electron chi connectivity index (χ4n) is 3.38. The number of methoxy groups -OCH3 is 1. The topological polar surface area (TPSA) is 66.8 Å². The monoisotopic (exact) mass is 339 g/mol. The molecule has 0 aliphatic carbocycles. The highest BCUT2D eigenvalue weighted by Crippen LogP contribution is 2.38. The number of nitrogens with zero attached hydrogens (tertiary/aromatic N) is 1. The van der Waals surface area contributed by atoms with Crippen molar-refractivity contribution in [3.8, 4) is 5.75 Å². The number of hydrogen-bond donors (Lipinski definition) is 1. The standard InChI is InChI=1S/C20H21NO4/c1-25-16-9-7-14(8-10-16)11-12-21-18(22)13-17(20(23)24)19(21)15-5-3-2-4-6-15/h2-10,17,19H,11-13H2,1H3,(H,23,24)/t17-,19-/m1/s1. The van der Waals surface area contributed by atoms with Gasteiger partial charge in [-0.1, -0.05) is 42.5 Å². The zero-order valence-electron chi connectivity index (χ0n) is 14.1. The normalized spacial score (nSPS) is 19.9. The third-order valence-electron chi connectivity index (χ3n) is 4.69. The summed E-state index contributed by atoms with van der Waals surface area (Å²) in [4.78, 5) is 25.8. The van der Waals surface area contributed by atoms with Gasteiger partial charge in [0.25, 0.3) is 0 Å². The van der Waals surface area contributed by atoms with Gasteiger partial charge in [0, 0.05) is 13.0 Å². The van der Waals surface area contributed by atoms with Crippen molar-refractivity contribution in [2.75, 3.05) is 13.7 Å². The molecule has 3 rings (SSSR count). The second-order valence-corrected chi connectivity index (χ2v) is 6.19. The maximum absolute atomic E-state index is 12.4. The summed E-state index contributed by atoms with van der Waals surface area (Å²) in [5.41, 5.74) is 1.95. The Morgan fingerprint density at radius 3 is 2.44 bits per heavy atom. The van der Waals surface area contributed by atoms with E-state index in [0.29, 0.717) is 13.0 Å². The van der Waals surface area contributed by atoms with Crippen molar-refractivity contribution < 1.29 is 19.4 Å². The molecule has 2 aromatic rings. The van der Waals surface area contributed by atoms with Crippen LogP contribution in [0.1, 0.15) is 23.6 Å². The zero-order valence-corrected chi connectivity index (χ0v) is 14.1. The highest BCUT2D eigenvalue weighted by Gasteiger charge is 2.44. The van der Waals surface area contributed by atoms with Gasteiger partial charge in [-0.3, -0.25) is 9.59 Å². The van der Waals surface area contributed by atoms with E-state index < -0.39 is 17.9 Å². The number of carbonyl (C=O) groups is 2. The van der Waals surface area contributed by atoms with Crippen LogP contribution in [0.4, 0.5) is 0 Å². The molecule has 5 nitrogen and oxygen atoms in total. The van der Waals surface area contributed by atoms with E-state index in [-0.39, 0.29) is 12.3 Å². The highest BCUT2D eigenvalue weighted by molar-refractivity contribution is 5.87. The quantitative estimate of drug-likeness (QED) is 0.879. The molecule has 1 aliphatic heterocycles. The SMILES string of the molecule is COc1ccc(CCN2C(=O)C[C@@H](C(=O)O)[C@H]2c2ccccc2)cc1. The van der Waals surface area contributed by atoms with Crippen LogP contribution in [0.25, 0.3) is 0 Å². The van der Waals surface area contributed by atoms with Crippen molar-refractivity contribution in [3.05, 3.63) is 65.7 Å². The molecule has 1 saturated heterocycles. The molecular formula is C20H21NO4. The molecule has 0 unspecified atom stereocenters. The molecule has 130 valence electrons. The molecule has 1 aliphatic rings. The first-order valence-electron chi connectivity index (χ1n) is 8.30. The number of ether oxygens (including phenoxy) is 1. The lowest BCUT2D eigenvalue weighted by molar-refractivity contribution is -0.142. The number of carboxylic acids is 1. The van der Waals surface area contributed by atoms with Gasteiger partial charge in [-0.2, -0.15) is 0 Å². The van der Waals surface area contributed by atoms with Crippen LogP contribution in [0, 0.1) is 5.92 Å². The second kappa shape index (κ2) is 7.38. The van der Waals surface area contributed by atoms with E-state index in [1.54, 1.807) is 12.0 Å². The summed E-state index contributed by atoms with van der Waals surface area (Å²) in [7, 11) is 1.62. The summed E-state index contributed by atoms with van der Waals surface area (Å²) in [5, 5.41) is 9.53. The minimum absolute atomic E-state index is 0.0531. The first kappa shape index (κ1) is 17.0. The molecule has 1 heterocycles. The lowest BCUT2D eigenvalue weighted by Crippen LogP contribution is -2.32. The molecule has 0 spiro atoms. The summed E-state index contributed by atoms with van der Waals surface area (Å²) in [5.74, 6) is -0.941. The Labute approximate surface area is 146 Å². The van der Waals surface area contributed by atoms with Gasteiger partial charge in [-0.15, -0.1) is 0 Å². The van der Waals surface area contributed by atoms with Gasteiger partial charge in [0.1, 0.15) is 5.75 Å². The van der Waals surface area contributed by atoms with Crippen molar-refractivity contribution in [1.82, 2.24) is 4.90 Å². The van der Waals surface area contributed by atoms with Gasteiger partial charge in [-0.25, -0.2) is 0 Å². The Balaban J connectivity index is 1.79. The van der Waals surface area contributed by atoms with Crippen LogP contribution in [0.5, 0.6) is 5.75 Å². The fraction of sp³-hybridized carbons (Fsp3) is 0.300. The van der Waals surface area contributed by atoms with E-state index in [4.69, 9.17) is 4.74 Å². The third-order valence-corrected chi connectivity index (χ3v) is 4.69. The zero-order chi connectivity index (χ0) is 17.8. The first-order chi connectivity index (χ1) is 12.1. The minimum atomic E-state index is -0.922. The van der Waals surface area contributed by atoms with Crippen molar-refractivity contribution >= 4 is 11.9 Å². The molecule has 25 heavy (non-hydrogen) atoms. The lowest BCUT2D eigenvalue weighted by atomic mass is 9.93. The summed E-state index contributed by atoms with van der Waals surface area (Å²) in [6.45, 7) is 0.495. The highest BCUT2D eigenvalue weighted by atomic mass is 16.5. The van der Waals surface area contributed by atoms with E-state index in [9.17, 15) is 14.7 Å². The van der Waals surface area contributed by atoms with Crippen LogP contribution in [0.2, 0.25) is 0 Å². The van der Waals surface area contributed by atoms with Crippen LogP contribution < -0.4 is 4.74 Å². The Bertz CT molecular complexity index is 742. The predicted octanol–water partition coefficient (Wildman–Crippen LogP) is 2.91. The van der Waals surface area contributed by atoms with E-state index in [2.05, 4.69) is 0 Å². The van der Waals surface area contributed by atoms with E-state index in [1.165, 1.54) is 0 Å². The van der Waals surface area contributed by atoms with Crippen LogP contribution in [0.15, 0.2) is 54.6 Å². The molecule has 2 atom stereocenters. The van der Waals surface area contributed by atoms with Gasteiger partial charge in [-0.05, 0) is 29.7 Å². The molecular weight excluding hydrogens is 318 g/mol. The predicted molar refractivity (Wildman–Crippen MR) is 93.3 cm³/mol. The number of carboxylic acid groups (broad SMARTS) is 1. The molecule has 5 heteroatoms. The summed E-state index contributed by atoms with van der Waals surface area (Å²) < 4.78 is 5.15. The third kappa shape index (κ3) is 3.65. The summed E-state index contributed by atoms with van der Waals surface area (Å²) >= 11 is 0. The summed E-state index contributed by atoms with van der Waals surface area (Å²) in [6, 6.07) is 16.7. The molecule has 1 fully saturated rings. The molecule has 0 radical (unpaired) electrons. The Hall–Kier alpha value is -2.82. The Morgan fingerprint density at radius 1 is 1.16 bits per heavy atom. The van der Waals surface area contributed by atoms with Crippen molar-refractivity contribution in [3.63, 3.8) is 0 Å². The lowest BCUT2D eigenvalue weighted by Gasteiger charge is -2.27. The largest absolute Gasteiger partial charge is 0.497 e. The maximum Gasteiger partial charge on any atom is 0.309 e. The Morgan fingerprint density at radius 2 is 1.84 bits per heavy atom. The number of rotatable bonds is 6. The van der Waals surface area contributed by atoms with Gasteiger partial charge in [0.2, 0.25) is 5.91 Å². The average molecular weight is 339 g/mol. The second-order valence-electron chi connectivity index (χ2n) is 6.19. The van der Waals surface area contributed by atoms with Gasteiger partial charge in [0.05, 0.1) is 19.1 Å². The number of hydrogen-bond acceptors (Lipinski definition) is 3. The number of aliphatic carboxylic acids is 1. The average Bonchev–Trinajstić information content (AvgIpc) is 2.98. The van der Waals surface area contributed by atoms with E-state index >= 15 is 0 Å². The van der Waals surface area contributed by atoms with Gasteiger partial charge >= 0.3 is 5.97 Å². The molecule has 2 aromatic carbocycles. The first-order valence-corrected chi connectivity index (χ1v) is 8.30. The van der Waals surface area contributed by atoms with E-state index in [1.807, 2.05) is 54.6 Å². The number of amides is 1. The summed E-state index contributed by atoms with van der Waals surface area (Å²) in [6.07, 6.45) is 0.725. The van der Waals surface area contributed by atoms with Crippen LogP contribution >= 0.6 is 0 Å². The van der Waals surface area contributed by atoms with Crippen molar-refractivity contribution in [2.45, 2.75) is 18.9 Å². The molecule has 0 aromatic heterocycles. The van der Waals surface area contributed by atoms with Gasteiger partial charge < -0.3 is 14.7 Å². The smallest absolute Gasteiger partial charge is 0.309 e. The number of benzene rings is 2. The molecule has 1 N–H and O–H groups in total. The van der Waals surface area contributed by atoms with Gasteiger partial charge in [0.15, 0.2) is 0 Å². The van der Waals surface area contributed by atoms with Crippen molar-refractivity contribution in [1.29, 1.82) is 0 Å². The fourth-order valence-corrected chi connectivity index (χ4v) is 3.38. The Kier molecular flexibility index (Phi) is 5.03. The van der Waals surface area contributed by atoms with Crippen molar-refractivity contribution in [2.24, 2.45) is 5.92 Å². The maximum atomic E-state index is 12.4. The minimum Gasteiger partial charge on any atom is -0.497 e. The number of carbonyl (C=O) groups excluding carboxylic acids is 1.